The molecule has 0 unspecified atom stereocenters. The van der Waals surface area contributed by atoms with Crippen LogP contribution in [0.2, 0.25) is 0 Å². The molecule has 2 N–H and O–H groups in total. The van der Waals surface area contributed by atoms with Gasteiger partial charge in [-0.3, -0.25) is 9.59 Å². The highest BCUT2D eigenvalue weighted by Gasteiger charge is 2.05. The van der Waals surface area contributed by atoms with Gasteiger partial charge in [0.25, 0.3) is 5.56 Å². The Labute approximate surface area is 110 Å². The van der Waals surface area contributed by atoms with E-state index >= 15 is 0 Å². The van der Waals surface area contributed by atoms with Crippen molar-refractivity contribution in [2.75, 3.05) is 12.3 Å². The molecule has 1 heterocycles. The molecule has 5 nitrogen and oxygen atoms in total. The molecule has 0 aromatic carbocycles. The molecular formula is C12H17N3O2S. The van der Waals surface area contributed by atoms with Crippen LogP contribution in [0.5, 0.6) is 0 Å². The quantitative estimate of drug-likeness (QED) is 0.441. The molecule has 0 aliphatic rings. The third kappa shape index (κ3) is 5.18. The predicted molar refractivity (Wildman–Crippen MR) is 72.8 cm³/mol. The molecule has 1 rings (SSSR count). The normalized spacial score (nSPS) is 10.1. The maximum absolute atomic E-state index is 11.4. The molecule has 0 atom stereocenters. The summed E-state index contributed by atoms with van der Waals surface area (Å²) in [4.78, 5) is 29.6. The summed E-state index contributed by atoms with van der Waals surface area (Å²) in [6, 6.07) is 1.49. The minimum absolute atomic E-state index is 0.108. The summed E-state index contributed by atoms with van der Waals surface area (Å²) in [7, 11) is 0. The lowest BCUT2D eigenvalue weighted by Gasteiger charge is -2.03. The maximum Gasteiger partial charge on any atom is 0.251 e. The van der Waals surface area contributed by atoms with Gasteiger partial charge in [0.15, 0.2) is 5.16 Å². The number of aromatic amines is 1. The third-order valence-electron chi connectivity index (χ3n) is 2.06. The number of H-pyrrole nitrogens is 1. The fraction of sp³-hybridized carbons (Fsp3) is 0.417. The Kier molecular flexibility index (Phi) is 6.21. The highest BCUT2D eigenvalue weighted by atomic mass is 32.2. The fourth-order valence-corrected chi connectivity index (χ4v) is 2.03. The number of nitrogens with zero attached hydrogens (tertiary/aromatic N) is 1. The Morgan fingerprint density at radius 3 is 3.11 bits per heavy atom. The monoisotopic (exact) mass is 267 g/mol. The molecule has 0 aliphatic heterocycles. The van der Waals surface area contributed by atoms with Crippen LogP contribution in [0.1, 0.15) is 19.0 Å². The van der Waals surface area contributed by atoms with Crippen molar-refractivity contribution < 1.29 is 4.79 Å². The zero-order valence-corrected chi connectivity index (χ0v) is 11.2. The Morgan fingerprint density at radius 1 is 1.67 bits per heavy atom. The van der Waals surface area contributed by atoms with E-state index in [9.17, 15) is 9.59 Å². The zero-order valence-electron chi connectivity index (χ0n) is 10.4. The van der Waals surface area contributed by atoms with Crippen molar-refractivity contribution in [2.24, 2.45) is 0 Å². The SMILES string of the molecule is C=CCNC(=O)CSc1nc(CCC)cc(=O)[nH]1. The van der Waals surface area contributed by atoms with Gasteiger partial charge >= 0.3 is 0 Å². The van der Waals surface area contributed by atoms with Gasteiger partial charge in [-0.05, 0) is 6.42 Å². The van der Waals surface area contributed by atoms with Crippen LogP contribution >= 0.6 is 11.8 Å². The molecule has 0 radical (unpaired) electrons. The molecule has 0 saturated heterocycles. The molecule has 0 fully saturated rings. The first-order valence-corrected chi connectivity index (χ1v) is 6.75. The molecule has 0 saturated carbocycles. The number of hydrogen-bond acceptors (Lipinski definition) is 4. The molecule has 1 aromatic rings. The molecule has 0 aliphatic carbocycles. The van der Waals surface area contributed by atoms with Crippen molar-refractivity contribution >= 4 is 17.7 Å². The van der Waals surface area contributed by atoms with Crippen molar-refractivity contribution in [2.45, 2.75) is 24.9 Å². The number of hydrogen-bond donors (Lipinski definition) is 2. The number of carbonyl (C=O) groups is 1. The second kappa shape index (κ2) is 7.71. The van der Waals surface area contributed by atoms with Crippen molar-refractivity contribution in [3.05, 3.63) is 34.8 Å². The van der Waals surface area contributed by atoms with E-state index < -0.39 is 0 Å². The number of amides is 1. The first kappa shape index (κ1) is 14.5. The summed E-state index contributed by atoms with van der Waals surface area (Å²) < 4.78 is 0. The Bertz CT molecular complexity index is 471. The van der Waals surface area contributed by atoms with Gasteiger partial charge in [-0.1, -0.05) is 31.2 Å². The van der Waals surface area contributed by atoms with Crippen molar-refractivity contribution in [1.82, 2.24) is 15.3 Å². The van der Waals surface area contributed by atoms with E-state index in [1.54, 1.807) is 6.08 Å². The Morgan fingerprint density at radius 2 is 2.44 bits per heavy atom. The highest BCUT2D eigenvalue weighted by Crippen LogP contribution is 2.11. The molecule has 0 bridgehead atoms. The highest BCUT2D eigenvalue weighted by molar-refractivity contribution is 7.99. The van der Waals surface area contributed by atoms with Gasteiger partial charge in [0.2, 0.25) is 5.91 Å². The Balaban J connectivity index is 2.58. The topological polar surface area (TPSA) is 74.8 Å². The van der Waals surface area contributed by atoms with Crippen LogP contribution in [0.15, 0.2) is 28.7 Å². The van der Waals surface area contributed by atoms with Crippen LogP contribution in [0.3, 0.4) is 0 Å². The first-order chi connectivity index (χ1) is 8.65. The lowest BCUT2D eigenvalue weighted by atomic mass is 10.2. The summed E-state index contributed by atoms with van der Waals surface area (Å²) >= 11 is 1.22. The van der Waals surface area contributed by atoms with E-state index in [2.05, 4.69) is 21.9 Å². The number of carbonyl (C=O) groups excluding carboxylic acids is 1. The smallest absolute Gasteiger partial charge is 0.251 e. The van der Waals surface area contributed by atoms with Crippen molar-refractivity contribution in [3.8, 4) is 0 Å². The number of nitrogens with one attached hydrogen (secondary N) is 2. The van der Waals surface area contributed by atoms with Gasteiger partial charge in [0, 0.05) is 18.3 Å². The average molecular weight is 267 g/mol. The van der Waals surface area contributed by atoms with Crippen molar-refractivity contribution in [3.63, 3.8) is 0 Å². The summed E-state index contributed by atoms with van der Waals surface area (Å²) in [6.45, 7) is 5.98. The largest absolute Gasteiger partial charge is 0.352 e. The number of aromatic nitrogens is 2. The summed E-state index contributed by atoms with van der Waals surface area (Å²) in [5.41, 5.74) is 0.581. The van der Waals surface area contributed by atoms with Gasteiger partial charge in [-0.15, -0.1) is 6.58 Å². The fourth-order valence-electron chi connectivity index (χ4n) is 1.31. The molecule has 1 aromatic heterocycles. The van der Waals surface area contributed by atoms with E-state index in [4.69, 9.17) is 0 Å². The minimum Gasteiger partial charge on any atom is -0.352 e. The van der Waals surface area contributed by atoms with Gasteiger partial charge < -0.3 is 10.3 Å². The van der Waals surface area contributed by atoms with Crippen LogP contribution in [0.25, 0.3) is 0 Å². The van der Waals surface area contributed by atoms with Crippen LogP contribution < -0.4 is 10.9 Å². The summed E-state index contributed by atoms with van der Waals surface area (Å²) in [5.74, 6) is 0.121. The van der Waals surface area contributed by atoms with Crippen LogP contribution in [0.4, 0.5) is 0 Å². The minimum atomic E-state index is -0.178. The van der Waals surface area contributed by atoms with Gasteiger partial charge in [0.05, 0.1) is 5.75 Å². The second-order valence-electron chi connectivity index (χ2n) is 3.67. The molecule has 1 amide bonds. The van der Waals surface area contributed by atoms with E-state index in [1.807, 2.05) is 6.92 Å². The summed E-state index contributed by atoms with van der Waals surface area (Å²) in [5, 5.41) is 3.15. The lowest BCUT2D eigenvalue weighted by molar-refractivity contribution is -0.118. The second-order valence-corrected chi connectivity index (χ2v) is 4.64. The third-order valence-corrected chi connectivity index (χ3v) is 2.94. The average Bonchev–Trinajstić information content (AvgIpc) is 2.33. The van der Waals surface area contributed by atoms with Crippen LogP contribution in [-0.2, 0) is 11.2 Å². The van der Waals surface area contributed by atoms with E-state index in [0.29, 0.717) is 11.7 Å². The summed E-state index contributed by atoms with van der Waals surface area (Å²) in [6.07, 6.45) is 3.31. The van der Waals surface area contributed by atoms with Gasteiger partial charge in [0.1, 0.15) is 0 Å². The number of thioether (sulfide) groups is 1. The maximum atomic E-state index is 11.4. The van der Waals surface area contributed by atoms with Gasteiger partial charge in [-0.25, -0.2) is 4.98 Å². The van der Waals surface area contributed by atoms with E-state index in [-0.39, 0.29) is 17.2 Å². The molecule has 0 spiro atoms. The molecule has 18 heavy (non-hydrogen) atoms. The zero-order chi connectivity index (χ0) is 13.4. The van der Waals surface area contributed by atoms with Crippen molar-refractivity contribution in [1.29, 1.82) is 0 Å². The molecular weight excluding hydrogens is 250 g/mol. The van der Waals surface area contributed by atoms with Crippen LogP contribution in [-0.4, -0.2) is 28.2 Å². The number of aryl methyl sites for hydroxylation is 1. The molecule has 6 heteroatoms. The molecule has 98 valence electrons. The predicted octanol–water partition coefficient (Wildman–Crippen LogP) is 1.12. The number of rotatable bonds is 7. The first-order valence-electron chi connectivity index (χ1n) is 5.76. The van der Waals surface area contributed by atoms with E-state index in [1.165, 1.54) is 17.8 Å². The van der Waals surface area contributed by atoms with Crippen LogP contribution in [0, 0.1) is 0 Å². The lowest BCUT2D eigenvalue weighted by Crippen LogP contribution is -2.25. The van der Waals surface area contributed by atoms with Gasteiger partial charge in [-0.2, -0.15) is 0 Å². The standard InChI is InChI=1S/C12H17N3O2S/c1-3-5-9-7-10(16)15-12(14-9)18-8-11(17)13-6-4-2/h4,7H,2-3,5-6,8H2,1H3,(H,13,17)(H,14,15,16). The van der Waals surface area contributed by atoms with E-state index in [0.717, 1.165) is 18.5 Å². The Hall–Kier alpha value is -1.56.